The summed E-state index contributed by atoms with van der Waals surface area (Å²) in [6.07, 6.45) is 0.684. The van der Waals surface area contributed by atoms with E-state index in [0.29, 0.717) is 19.1 Å². The van der Waals surface area contributed by atoms with Crippen LogP contribution in [0.3, 0.4) is 0 Å². The molecule has 5 nitrogen and oxygen atoms in total. The molecule has 0 aliphatic carbocycles. The molecule has 0 aromatic heterocycles. The Morgan fingerprint density at radius 2 is 2.33 bits per heavy atom. The van der Waals surface area contributed by atoms with Gasteiger partial charge in [-0.05, 0) is 19.2 Å². The highest BCUT2D eigenvalue weighted by molar-refractivity contribution is 5.75. The quantitative estimate of drug-likeness (QED) is 0.784. The molecule has 1 aromatic carbocycles. The lowest BCUT2D eigenvalue weighted by Crippen LogP contribution is -2.56. The SMILES string of the molecule is CN1CCN2c3ccc(NC=O)cc3OC[C@@H]2C1. The minimum Gasteiger partial charge on any atom is -0.489 e. The molecular formula is C13H17N3O2. The molecule has 1 fully saturated rings. The molecular weight excluding hydrogens is 230 g/mol. The van der Waals surface area contributed by atoms with Gasteiger partial charge in [-0.2, -0.15) is 0 Å². The summed E-state index contributed by atoms with van der Waals surface area (Å²) in [6.45, 7) is 3.85. The van der Waals surface area contributed by atoms with Crippen molar-refractivity contribution in [1.82, 2.24) is 4.90 Å². The van der Waals surface area contributed by atoms with Crippen LogP contribution in [0.15, 0.2) is 18.2 Å². The molecule has 1 N–H and O–H groups in total. The predicted molar refractivity (Wildman–Crippen MR) is 70.3 cm³/mol. The van der Waals surface area contributed by atoms with Crippen LogP contribution in [-0.4, -0.2) is 50.6 Å². The summed E-state index contributed by atoms with van der Waals surface area (Å²) in [7, 11) is 2.14. The lowest BCUT2D eigenvalue weighted by molar-refractivity contribution is -0.105. The maximum Gasteiger partial charge on any atom is 0.211 e. The standard InChI is InChI=1S/C13H17N3O2/c1-15-4-5-16-11(7-15)8-18-13-6-10(14-9-17)2-3-12(13)16/h2-3,6,9,11H,4-5,7-8H2,1H3,(H,14,17)/t11-/m0/s1. The van der Waals surface area contributed by atoms with E-state index in [2.05, 4.69) is 22.2 Å². The first kappa shape index (κ1) is 11.3. The highest BCUT2D eigenvalue weighted by Crippen LogP contribution is 2.36. The number of nitrogens with zero attached hydrogens (tertiary/aromatic N) is 2. The van der Waals surface area contributed by atoms with E-state index in [1.165, 1.54) is 0 Å². The molecule has 0 unspecified atom stereocenters. The fourth-order valence-electron chi connectivity index (χ4n) is 2.68. The highest BCUT2D eigenvalue weighted by Gasteiger charge is 2.31. The molecule has 1 atom stereocenters. The van der Waals surface area contributed by atoms with Crippen LogP contribution >= 0.6 is 0 Å². The van der Waals surface area contributed by atoms with E-state index in [9.17, 15) is 4.79 Å². The number of nitrogens with one attached hydrogen (secondary N) is 1. The summed E-state index contributed by atoms with van der Waals surface area (Å²) >= 11 is 0. The second kappa shape index (κ2) is 4.49. The monoisotopic (exact) mass is 247 g/mol. The van der Waals surface area contributed by atoms with Gasteiger partial charge < -0.3 is 19.9 Å². The van der Waals surface area contributed by atoms with Crippen molar-refractivity contribution >= 4 is 17.8 Å². The number of carbonyl (C=O) groups excluding carboxylic acids is 1. The Morgan fingerprint density at radius 1 is 1.44 bits per heavy atom. The number of rotatable bonds is 2. The van der Waals surface area contributed by atoms with Gasteiger partial charge >= 0.3 is 0 Å². The van der Waals surface area contributed by atoms with E-state index in [0.717, 1.165) is 36.8 Å². The highest BCUT2D eigenvalue weighted by atomic mass is 16.5. The predicted octanol–water partition coefficient (Wildman–Crippen LogP) is 0.768. The molecule has 0 bridgehead atoms. The average molecular weight is 247 g/mol. The van der Waals surface area contributed by atoms with Crippen molar-refractivity contribution in [1.29, 1.82) is 0 Å². The van der Waals surface area contributed by atoms with Crippen LogP contribution in [0.5, 0.6) is 5.75 Å². The zero-order valence-corrected chi connectivity index (χ0v) is 10.4. The summed E-state index contributed by atoms with van der Waals surface area (Å²) in [5, 5.41) is 2.65. The van der Waals surface area contributed by atoms with Crippen LogP contribution < -0.4 is 15.0 Å². The first-order valence-corrected chi connectivity index (χ1v) is 6.20. The number of benzene rings is 1. The lowest BCUT2D eigenvalue weighted by atomic mass is 10.1. The number of likely N-dealkylation sites (N-methyl/N-ethyl adjacent to an activating group) is 1. The summed E-state index contributed by atoms with van der Waals surface area (Å²) in [5.74, 6) is 0.864. The number of ether oxygens (including phenoxy) is 1. The number of hydrogen-bond donors (Lipinski definition) is 1. The van der Waals surface area contributed by atoms with Crippen molar-refractivity contribution in [3.63, 3.8) is 0 Å². The summed E-state index contributed by atoms with van der Waals surface area (Å²) in [6, 6.07) is 6.26. The number of piperazine rings is 1. The Morgan fingerprint density at radius 3 is 3.17 bits per heavy atom. The number of fused-ring (bicyclic) bond motifs is 3. The molecule has 2 aliphatic rings. The largest absolute Gasteiger partial charge is 0.489 e. The minimum absolute atomic E-state index is 0.432. The molecule has 5 heteroatoms. The molecule has 1 aromatic rings. The average Bonchev–Trinajstić information content (AvgIpc) is 2.38. The second-order valence-electron chi connectivity index (χ2n) is 4.87. The van der Waals surface area contributed by atoms with E-state index in [4.69, 9.17) is 4.74 Å². The van der Waals surface area contributed by atoms with Crippen LogP contribution in [0, 0.1) is 0 Å². The van der Waals surface area contributed by atoms with Crippen LogP contribution in [0.1, 0.15) is 0 Å². The zero-order chi connectivity index (χ0) is 12.5. The van der Waals surface area contributed by atoms with Crippen molar-refractivity contribution in [3.8, 4) is 5.75 Å². The van der Waals surface area contributed by atoms with Crippen LogP contribution in [-0.2, 0) is 4.79 Å². The Labute approximate surface area is 106 Å². The van der Waals surface area contributed by atoms with Gasteiger partial charge in [0.1, 0.15) is 12.4 Å². The third-order valence-electron chi connectivity index (χ3n) is 3.61. The second-order valence-corrected chi connectivity index (χ2v) is 4.87. The number of carbonyl (C=O) groups is 1. The Balaban J connectivity index is 1.88. The number of anilines is 2. The van der Waals surface area contributed by atoms with Gasteiger partial charge in [-0.1, -0.05) is 0 Å². The molecule has 96 valence electrons. The van der Waals surface area contributed by atoms with Gasteiger partial charge in [-0.25, -0.2) is 0 Å². The van der Waals surface area contributed by atoms with Crippen LogP contribution in [0.4, 0.5) is 11.4 Å². The Bertz CT molecular complexity index is 464. The molecule has 0 spiro atoms. The Kier molecular flexibility index (Phi) is 2.83. The molecule has 0 saturated carbocycles. The molecule has 1 amide bonds. The van der Waals surface area contributed by atoms with Crippen molar-refractivity contribution in [2.24, 2.45) is 0 Å². The smallest absolute Gasteiger partial charge is 0.211 e. The van der Waals surface area contributed by atoms with Crippen molar-refractivity contribution in [2.45, 2.75) is 6.04 Å². The molecule has 2 aliphatic heterocycles. The summed E-state index contributed by atoms with van der Waals surface area (Å²) in [5.41, 5.74) is 1.91. The third kappa shape index (κ3) is 1.90. The van der Waals surface area contributed by atoms with Gasteiger partial charge in [0.05, 0.1) is 11.7 Å². The van der Waals surface area contributed by atoms with Gasteiger partial charge in [-0.15, -0.1) is 0 Å². The fourth-order valence-corrected chi connectivity index (χ4v) is 2.68. The lowest BCUT2D eigenvalue weighted by Gasteiger charge is -2.44. The first-order valence-electron chi connectivity index (χ1n) is 6.20. The third-order valence-corrected chi connectivity index (χ3v) is 3.61. The first-order chi connectivity index (χ1) is 8.78. The van der Waals surface area contributed by atoms with E-state index in [-0.39, 0.29) is 0 Å². The van der Waals surface area contributed by atoms with Crippen molar-refractivity contribution < 1.29 is 9.53 Å². The topological polar surface area (TPSA) is 44.8 Å². The molecule has 18 heavy (non-hydrogen) atoms. The molecule has 3 rings (SSSR count). The van der Waals surface area contributed by atoms with E-state index in [1.54, 1.807) is 0 Å². The minimum atomic E-state index is 0.432. The molecule has 2 heterocycles. The van der Waals surface area contributed by atoms with Crippen molar-refractivity contribution in [2.75, 3.05) is 43.5 Å². The Hall–Kier alpha value is -1.75. The van der Waals surface area contributed by atoms with Gasteiger partial charge in [0.2, 0.25) is 6.41 Å². The van der Waals surface area contributed by atoms with Gasteiger partial charge in [-0.3, -0.25) is 4.79 Å². The summed E-state index contributed by atoms with van der Waals surface area (Å²) in [4.78, 5) is 15.2. The zero-order valence-electron chi connectivity index (χ0n) is 10.4. The molecule has 0 radical (unpaired) electrons. The van der Waals surface area contributed by atoms with E-state index < -0.39 is 0 Å². The maximum absolute atomic E-state index is 10.4. The van der Waals surface area contributed by atoms with E-state index in [1.807, 2.05) is 18.2 Å². The van der Waals surface area contributed by atoms with Gasteiger partial charge in [0.25, 0.3) is 0 Å². The van der Waals surface area contributed by atoms with Crippen molar-refractivity contribution in [3.05, 3.63) is 18.2 Å². The fraction of sp³-hybridized carbons (Fsp3) is 0.462. The van der Waals surface area contributed by atoms with E-state index >= 15 is 0 Å². The van der Waals surface area contributed by atoms with Crippen LogP contribution in [0.2, 0.25) is 0 Å². The van der Waals surface area contributed by atoms with Crippen LogP contribution in [0.25, 0.3) is 0 Å². The number of amides is 1. The maximum atomic E-state index is 10.4. The van der Waals surface area contributed by atoms with Gasteiger partial charge in [0.15, 0.2) is 0 Å². The molecule has 1 saturated heterocycles. The summed E-state index contributed by atoms with van der Waals surface area (Å²) < 4.78 is 5.80. The number of hydrogen-bond acceptors (Lipinski definition) is 4. The van der Waals surface area contributed by atoms with Gasteiger partial charge in [0, 0.05) is 31.4 Å². The normalized spacial score (nSPS) is 22.7.